The average Bonchev–Trinajstić information content (AvgIpc) is 2.08. The zero-order chi connectivity index (χ0) is 11.3. The van der Waals surface area contributed by atoms with Crippen molar-refractivity contribution in [3.8, 4) is 0 Å². The maximum atomic E-state index is 11.7. The lowest BCUT2D eigenvalue weighted by Crippen LogP contribution is -2.47. The summed E-state index contributed by atoms with van der Waals surface area (Å²) in [7, 11) is 0. The first kappa shape index (κ1) is 12.5. The van der Waals surface area contributed by atoms with E-state index in [-0.39, 0.29) is 12.0 Å². The Kier molecular flexibility index (Phi) is 5.09. The molecule has 1 unspecified atom stereocenters. The van der Waals surface area contributed by atoms with Gasteiger partial charge in [-0.3, -0.25) is 4.79 Å². The van der Waals surface area contributed by atoms with Crippen molar-refractivity contribution in [2.24, 2.45) is 11.8 Å². The van der Waals surface area contributed by atoms with Gasteiger partial charge in [-0.25, -0.2) is 0 Å². The Morgan fingerprint density at radius 3 is 2.53 bits per heavy atom. The maximum Gasteiger partial charge on any atom is 0.323 e. The van der Waals surface area contributed by atoms with E-state index in [4.69, 9.17) is 4.74 Å². The van der Waals surface area contributed by atoms with Crippen molar-refractivity contribution in [1.29, 1.82) is 0 Å². The molecule has 1 aliphatic carbocycles. The summed E-state index contributed by atoms with van der Waals surface area (Å²) < 4.78 is 5.09. The molecular weight excluding hydrogens is 190 g/mol. The molecule has 88 valence electrons. The standard InChI is InChI=1S/C12H23NO2/c1-4-15-12(14)11(10-6-5-7-10)13-8-9(2)3/h9-11,13H,4-8H2,1-3H3. The third kappa shape index (κ3) is 3.82. The highest BCUT2D eigenvalue weighted by molar-refractivity contribution is 5.76. The summed E-state index contributed by atoms with van der Waals surface area (Å²) >= 11 is 0. The summed E-state index contributed by atoms with van der Waals surface area (Å²) in [6, 6.07) is -0.0684. The van der Waals surface area contributed by atoms with Gasteiger partial charge >= 0.3 is 5.97 Å². The normalized spacial score (nSPS) is 18.7. The molecule has 1 N–H and O–H groups in total. The maximum absolute atomic E-state index is 11.7. The van der Waals surface area contributed by atoms with E-state index < -0.39 is 0 Å². The van der Waals surface area contributed by atoms with Gasteiger partial charge in [0, 0.05) is 0 Å². The van der Waals surface area contributed by atoms with Gasteiger partial charge in [0.05, 0.1) is 6.61 Å². The van der Waals surface area contributed by atoms with Crippen molar-refractivity contribution in [2.45, 2.75) is 46.1 Å². The van der Waals surface area contributed by atoms with Crippen LogP contribution in [0.25, 0.3) is 0 Å². The summed E-state index contributed by atoms with van der Waals surface area (Å²) in [6.45, 7) is 7.52. The molecule has 0 aromatic heterocycles. The van der Waals surface area contributed by atoms with E-state index in [0.717, 1.165) is 19.4 Å². The average molecular weight is 213 g/mol. The summed E-state index contributed by atoms with van der Waals surface area (Å²) in [6.07, 6.45) is 3.58. The number of hydrogen-bond donors (Lipinski definition) is 1. The van der Waals surface area contributed by atoms with Crippen LogP contribution in [-0.2, 0) is 9.53 Å². The molecule has 15 heavy (non-hydrogen) atoms. The van der Waals surface area contributed by atoms with E-state index in [2.05, 4.69) is 19.2 Å². The first-order chi connectivity index (χ1) is 7.15. The highest BCUT2D eigenvalue weighted by Gasteiger charge is 2.33. The van der Waals surface area contributed by atoms with Gasteiger partial charge < -0.3 is 10.1 Å². The van der Waals surface area contributed by atoms with E-state index in [1.807, 2.05) is 6.92 Å². The minimum Gasteiger partial charge on any atom is -0.465 e. The quantitative estimate of drug-likeness (QED) is 0.685. The zero-order valence-corrected chi connectivity index (χ0v) is 10.1. The molecule has 1 atom stereocenters. The Morgan fingerprint density at radius 1 is 1.47 bits per heavy atom. The van der Waals surface area contributed by atoms with Gasteiger partial charge in [0.15, 0.2) is 0 Å². The Balaban J connectivity index is 2.41. The number of hydrogen-bond acceptors (Lipinski definition) is 3. The lowest BCUT2D eigenvalue weighted by atomic mass is 9.79. The zero-order valence-electron chi connectivity index (χ0n) is 10.1. The third-order valence-corrected chi connectivity index (χ3v) is 2.91. The van der Waals surface area contributed by atoms with Crippen LogP contribution < -0.4 is 5.32 Å². The monoisotopic (exact) mass is 213 g/mol. The SMILES string of the molecule is CCOC(=O)C(NCC(C)C)C1CCC1. The van der Waals surface area contributed by atoms with Gasteiger partial charge in [-0.1, -0.05) is 20.3 Å². The van der Waals surface area contributed by atoms with Crippen LogP contribution in [0.4, 0.5) is 0 Å². The van der Waals surface area contributed by atoms with E-state index in [0.29, 0.717) is 18.4 Å². The molecule has 1 fully saturated rings. The second kappa shape index (κ2) is 6.11. The van der Waals surface area contributed by atoms with Crippen molar-refractivity contribution in [1.82, 2.24) is 5.32 Å². The molecule has 3 nitrogen and oxygen atoms in total. The van der Waals surface area contributed by atoms with Crippen molar-refractivity contribution in [3.63, 3.8) is 0 Å². The fourth-order valence-corrected chi connectivity index (χ4v) is 1.81. The van der Waals surface area contributed by atoms with Gasteiger partial charge in [-0.15, -0.1) is 0 Å². The molecule has 0 aromatic rings. The number of ether oxygens (including phenoxy) is 1. The lowest BCUT2D eigenvalue weighted by molar-refractivity contribution is -0.148. The van der Waals surface area contributed by atoms with Crippen molar-refractivity contribution < 1.29 is 9.53 Å². The van der Waals surface area contributed by atoms with Gasteiger partial charge in [0.1, 0.15) is 6.04 Å². The molecule has 0 spiro atoms. The predicted molar refractivity (Wildman–Crippen MR) is 60.6 cm³/mol. The summed E-state index contributed by atoms with van der Waals surface area (Å²) in [5, 5.41) is 3.33. The Labute approximate surface area is 92.6 Å². The van der Waals surface area contributed by atoms with Crippen LogP contribution in [0, 0.1) is 11.8 Å². The van der Waals surface area contributed by atoms with Crippen molar-refractivity contribution in [2.75, 3.05) is 13.2 Å². The first-order valence-electron chi connectivity index (χ1n) is 6.05. The van der Waals surface area contributed by atoms with Crippen LogP contribution in [-0.4, -0.2) is 25.2 Å². The van der Waals surface area contributed by atoms with E-state index >= 15 is 0 Å². The number of carbonyl (C=O) groups excluding carboxylic acids is 1. The van der Waals surface area contributed by atoms with E-state index in [1.165, 1.54) is 6.42 Å². The molecule has 1 saturated carbocycles. The fourth-order valence-electron chi connectivity index (χ4n) is 1.81. The van der Waals surface area contributed by atoms with Crippen LogP contribution in [0.5, 0.6) is 0 Å². The van der Waals surface area contributed by atoms with Crippen LogP contribution in [0.3, 0.4) is 0 Å². The summed E-state index contributed by atoms with van der Waals surface area (Å²) in [5.74, 6) is 1.01. The number of nitrogens with one attached hydrogen (secondary N) is 1. The topological polar surface area (TPSA) is 38.3 Å². The first-order valence-corrected chi connectivity index (χ1v) is 6.05. The molecule has 1 rings (SSSR count). The molecule has 3 heteroatoms. The van der Waals surface area contributed by atoms with E-state index in [9.17, 15) is 4.79 Å². The predicted octanol–water partition coefficient (Wildman–Crippen LogP) is 1.96. The van der Waals surface area contributed by atoms with Crippen LogP contribution in [0.1, 0.15) is 40.0 Å². The minimum atomic E-state index is -0.0684. The molecule has 0 amide bonds. The Hall–Kier alpha value is -0.570. The number of carbonyl (C=O) groups is 1. The summed E-state index contributed by atoms with van der Waals surface area (Å²) in [5.41, 5.74) is 0. The molecule has 0 radical (unpaired) electrons. The Bertz CT molecular complexity index is 200. The lowest BCUT2D eigenvalue weighted by Gasteiger charge is -2.33. The highest BCUT2D eigenvalue weighted by atomic mass is 16.5. The summed E-state index contributed by atoms with van der Waals surface area (Å²) in [4.78, 5) is 11.7. The smallest absolute Gasteiger partial charge is 0.323 e. The largest absolute Gasteiger partial charge is 0.465 e. The van der Waals surface area contributed by atoms with Crippen LogP contribution in [0.2, 0.25) is 0 Å². The number of esters is 1. The van der Waals surface area contributed by atoms with Crippen molar-refractivity contribution in [3.05, 3.63) is 0 Å². The molecule has 0 bridgehead atoms. The van der Waals surface area contributed by atoms with Gasteiger partial charge in [-0.2, -0.15) is 0 Å². The fraction of sp³-hybridized carbons (Fsp3) is 0.917. The van der Waals surface area contributed by atoms with Gasteiger partial charge in [-0.05, 0) is 38.1 Å². The van der Waals surface area contributed by atoms with Gasteiger partial charge in [0.2, 0.25) is 0 Å². The second-order valence-corrected chi connectivity index (χ2v) is 4.72. The van der Waals surface area contributed by atoms with Crippen LogP contribution >= 0.6 is 0 Å². The minimum absolute atomic E-state index is 0.0668. The molecule has 0 aromatic carbocycles. The highest BCUT2D eigenvalue weighted by Crippen LogP contribution is 2.30. The Morgan fingerprint density at radius 2 is 2.13 bits per heavy atom. The van der Waals surface area contributed by atoms with E-state index in [1.54, 1.807) is 0 Å². The molecule has 0 saturated heterocycles. The van der Waals surface area contributed by atoms with Crippen molar-refractivity contribution >= 4 is 5.97 Å². The number of rotatable bonds is 6. The van der Waals surface area contributed by atoms with Gasteiger partial charge in [0.25, 0.3) is 0 Å². The molecule has 0 aliphatic heterocycles. The second-order valence-electron chi connectivity index (χ2n) is 4.72. The van der Waals surface area contributed by atoms with Crippen LogP contribution in [0.15, 0.2) is 0 Å². The molecular formula is C12H23NO2. The third-order valence-electron chi connectivity index (χ3n) is 2.91. The molecule has 0 heterocycles. The molecule has 1 aliphatic rings.